The van der Waals surface area contributed by atoms with E-state index in [4.69, 9.17) is 14.2 Å². The van der Waals surface area contributed by atoms with Crippen molar-refractivity contribution in [2.75, 3.05) is 31.9 Å². The van der Waals surface area contributed by atoms with Gasteiger partial charge in [0.25, 0.3) is 5.91 Å². The van der Waals surface area contributed by atoms with Crippen molar-refractivity contribution in [3.8, 4) is 11.5 Å². The summed E-state index contributed by atoms with van der Waals surface area (Å²) in [6, 6.07) is 4.29. The molecule has 2 aliphatic heterocycles. The van der Waals surface area contributed by atoms with Gasteiger partial charge in [0.1, 0.15) is 6.04 Å². The average Bonchev–Trinajstić information content (AvgIpc) is 3.15. The number of rotatable bonds is 6. The Morgan fingerprint density at radius 2 is 2.04 bits per heavy atom. The Kier molecular flexibility index (Phi) is 5.50. The molecule has 2 aliphatic rings. The van der Waals surface area contributed by atoms with Gasteiger partial charge >= 0.3 is 5.97 Å². The van der Waals surface area contributed by atoms with E-state index in [9.17, 15) is 14.4 Å². The van der Waals surface area contributed by atoms with Crippen molar-refractivity contribution in [3.05, 3.63) is 18.2 Å². The Labute approximate surface area is 161 Å². The Bertz CT molecular complexity index is 770. The Morgan fingerprint density at radius 3 is 2.74 bits per heavy atom. The number of esters is 1. The van der Waals surface area contributed by atoms with E-state index >= 15 is 0 Å². The van der Waals surface area contributed by atoms with Gasteiger partial charge in [-0.3, -0.25) is 9.59 Å². The number of carbonyl (C=O) groups is 3. The predicted octanol–water partition coefficient (Wildman–Crippen LogP) is 1.64. The van der Waals surface area contributed by atoms with Crippen molar-refractivity contribution < 1.29 is 28.6 Å². The van der Waals surface area contributed by atoms with Gasteiger partial charge in [-0.25, -0.2) is 4.79 Å². The first kappa shape index (κ1) is 19.3. The molecule has 0 bridgehead atoms. The molecule has 2 atom stereocenters. The molecule has 0 spiro atoms. The second kappa shape index (κ2) is 7.67. The molecule has 2 fully saturated rings. The third-order valence-corrected chi connectivity index (χ3v) is 6.23. The van der Waals surface area contributed by atoms with Gasteiger partial charge < -0.3 is 24.4 Å². The maximum absolute atomic E-state index is 12.4. The van der Waals surface area contributed by atoms with Crippen LogP contribution in [-0.4, -0.2) is 60.2 Å². The number of anilines is 1. The van der Waals surface area contributed by atoms with E-state index in [1.54, 1.807) is 34.9 Å². The SMILES string of the molecule is COc1ccc(NC(=O)COC(=O)[C@@H]2CS[C@]3(C)CCC(=O)N23)cc1OC. The molecule has 8 nitrogen and oxygen atoms in total. The molecule has 0 saturated carbocycles. The van der Waals surface area contributed by atoms with Crippen LogP contribution in [0.15, 0.2) is 18.2 Å². The molecule has 146 valence electrons. The lowest BCUT2D eigenvalue weighted by Crippen LogP contribution is -2.47. The summed E-state index contributed by atoms with van der Waals surface area (Å²) in [4.78, 5) is 37.8. The Hall–Kier alpha value is -2.42. The van der Waals surface area contributed by atoms with Crippen LogP contribution in [0.3, 0.4) is 0 Å². The number of fused-ring (bicyclic) bond motifs is 1. The van der Waals surface area contributed by atoms with Crippen LogP contribution in [0.2, 0.25) is 0 Å². The topological polar surface area (TPSA) is 94.2 Å². The van der Waals surface area contributed by atoms with E-state index in [2.05, 4.69) is 5.32 Å². The summed E-state index contributed by atoms with van der Waals surface area (Å²) in [6.07, 6.45) is 1.16. The minimum atomic E-state index is -0.635. The zero-order valence-electron chi connectivity index (χ0n) is 15.4. The number of amides is 2. The lowest BCUT2D eigenvalue weighted by atomic mass is 10.2. The van der Waals surface area contributed by atoms with Crippen molar-refractivity contribution in [2.45, 2.75) is 30.7 Å². The number of carbonyl (C=O) groups excluding carboxylic acids is 3. The second-order valence-electron chi connectivity index (χ2n) is 6.49. The number of nitrogens with one attached hydrogen (secondary N) is 1. The third-order valence-electron chi connectivity index (χ3n) is 4.73. The molecule has 2 saturated heterocycles. The molecule has 1 N–H and O–H groups in total. The number of methoxy groups -OCH3 is 2. The highest BCUT2D eigenvalue weighted by Crippen LogP contribution is 2.47. The molecule has 2 amide bonds. The largest absolute Gasteiger partial charge is 0.493 e. The fourth-order valence-corrected chi connectivity index (χ4v) is 4.76. The molecule has 2 heterocycles. The summed E-state index contributed by atoms with van der Waals surface area (Å²) in [6.45, 7) is 1.53. The van der Waals surface area contributed by atoms with Crippen molar-refractivity contribution in [2.24, 2.45) is 0 Å². The summed E-state index contributed by atoms with van der Waals surface area (Å²) in [5.74, 6) is 0.430. The number of benzene rings is 1. The predicted molar refractivity (Wildman–Crippen MR) is 99.9 cm³/mol. The lowest BCUT2D eigenvalue weighted by molar-refractivity contribution is -0.155. The summed E-state index contributed by atoms with van der Waals surface area (Å²) in [5.41, 5.74) is 0.493. The van der Waals surface area contributed by atoms with E-state index < -0.39 is 24.5 Å². The van der Waals surface area contributed by atoms with Gasteiger partial charge in [-0.05, 0) is 25.5 Å². The van der Waals surface area contributed by atoms with Gasteiger partial charge in [0.05, 0.1) is 19.1 Å². The molecule has 0 aromatic heterocycles. The zero-order valence-corrected chi connectivity index (χ0v) is 16.3. The molecule has 27 heavy (non-hydrogen) atoms. The van der Waals surface area contributed by atoms with Gasteiger partial charge in [0.15, 0.2) is 18.1 Å². The van der Waals surface area contributed by atoms with Crippen molar-refractivity contribution >= 4 is 35.2 Å². The highest BCUT2D eigenvalue weighted by Gasteiger charge is 2.53. The first-order valence-corrected chi connectivity index (χ1v) is 9.51. The highest BCUT2D eigenvalue weighted by atomic mass is 32.2. The average molecular weight is 394 g/mol. The van der Waals surface area contributed by atoms with Crippen LogP contribution >= 0.6 is 11.8 Å². The maximum Gasteiger partial charge on any atom is 0.330 e. The Morgan fingerprint density at radius 1 is 1.30 bits per heavy atom. The van der Waals surface area contributed by atoms with Gasteiger partial charge in [-0.2, -0.15) is 0 Å². The van der Waals surface area contributed by atoms with E-state index in [0.717, 1.165) is 6.42 Å². The van der Waals surface area contributed by atoms with Crippen LogP contribution in [0, 0.1) is 0 Å². The van der Waals surface area contributed by atoms with Crippen LogP contribution in [-0.2, 0) is 19.1 Å². The highest BCUT2D eigenvalue weighted by molar-refractivity contribution is 8.01. The molecule has 3 rings (SSSR count). The normalized spacial score (nSPS) is 23.7. The van der Waals surface area contributed by atoms with E-state index in [1.165, 1.54) is 14.2 Å². The second-order valence-corrected chi connectivity index (χ2v) is 7.99. The lowest BCUT2D eigenvalue weighted by Gasteiger charge is -2.29. The number of nitrogens with zero attached hydrogens (tertiary/aromatic N) is 1. The Balaban J connectivity index is 1.55. The molecule has 0 unspecified atom stereocenters. The minimum Gasteiger partial charge on any atom is -0.493 e. The number of hydrogen-bond donors (Lipinski definition) is 1. The van der Waals surface area contributed by atoms with E-state index in [-0.39, 0.29) is 10.8 Å². The van der Waals surface area contributed by atoms with E-state index in [0.29, 0.717) is 29.4 Å². The van der Waals surface area contributed by atoms with Crippen LogP contribution in [0.5, 0.6) is 11.5 Å². The third kappa shape index (κ3) is 3.83. The minimum absolute atomic E-state index is 0.0424. The van der Waals surface area contributed by atoms with E-state index in [1.807, 2.05) is 6.92 Å². The van der Waals surface area contributed by atoms with Crippen molar-refractivity contribution in [1.29, 1.82) is 0 Å². The van der Waals surface area contributed by atoms with Crippen LogP contribution < -0.4 is 14.8 Å². The smallest absolute Gasteiger partial charge is 0.330 e. The van der Waals surface area contributed by atoms with Crippen molar-refractivity contribution in [1.82, 2.24) is 4.90 Å². The summed E-state index contributed by atoms with van der Waals surface area (Å²) < 4.78 is 15.5. The van der Waals surface area contributed by atoms with Crippen LogP contribution in [0.4, 0.5) is 5.69 Å². The van der Waals surface area contributed by atoms with Gasteiger partial charge in [0, 0.05) is 23.9 Å². The fourth-order valence-electron chi connectivity index (χ4n) is 3.34. The monoisotopic (exact) mass is 394 g/mol. The molecule has 9 heteroatoms. The maximum atomic E-state index is 12.4. The van der Waals surface area contributed by atoms with Crippen molar-refractivity contribution in [3.63, 3.8) is 0 Å². The number of ether oxygens (including phenoxy) is 3. The molecule has 1 aromatic rings. The van der Waals surface area contributed by atoms with Crippen LogP contribution in [0.1, 0.15) is 19.8 Å². The summed E-state index contributed by atoms with van der Waals surface area (Å²) in [5, 5.41) is 2.64. The standard InChI is InChI=1S/C18H22N2O6S/c1-18-7-6-16(22)20(18)12(10-27-18)17(23)26-9-15(21)19-11-4-5-13(24-2)14(8-11)25-3/h4-5,8,12H,6-7,9-10H2,1-3H3,(H,19,21)/t12-,18+/m0/s1. The fraction of sp³-hybridized carbons (Fsp3) is 0.500. The van der Waals surface area contributed by atoms with Gasteiger partial charge in [-0.1, -0.05) is 0 Å². The number of thioether (sulfide) groups is 1. The first-order valence-electron chi connectivity index (χ1n) is 8.52. The molecule has 0 radical (unpaired) electrons. The quantitative estimate of drug-likeness (QED) is 0.733. The summed E-state index contributed by atoms with van der Waals surface area (Å²) >= 11 is 1.58. The molecule has 1 aromatic carbocycles. The zero-order chi connectivity index (χ0) is 19.6. The number of hydrogen-bond acceptors (Lipinski definition) is 7. The first-order chi connectivity index (χ1) is 12.9. The molecular formula is C18H22N2O6S. The van der Waals surface area contributed by atoms with Gasteiger partial charge in [-0.15, -0.1) is 11.8 Å². The van der Waals surface area contributed by atoms with Gasteiger partial charge in [0.2, 0.25) is 5.91 Å². The summed E-state index contributed by atoms with van der Waals surface area (Å²) in [7, 11) is 3.02. The molecule has 0 aliphatic carbocycles. The van der Waals surface area contributed by atoms with Crippen LogP contribution in [0.25, 0.3) is 0 Å². The molecular weight excluding hydrogens is 372 g/mol.